The molecule has 3 N–H and O–H groups in total. The Morgan fingerprint density at radius 1 is 0.967 bits per heavy atom. The summed E-state index contributed by atoms with van der Waals surface area (Å²) >= 11 is 0. The molecule has 1 atom stereocenters. The van der Waals surface area contributed by atoms with Crippen molar-refractivity contribution in [3.8, 4) is 0 Å². The summed E-state index contributed by atoms with van der Waals surface area (Å²) in [6, 6.07) is 22.9. The van der Waals surface area contributed by atoms with E-state index in [2.05, 4.69) is 0 Å². The highest BCUT2D eigenvalue weighted by molar-refractivity contribution is 7.89. The van der Waals surface area contributed by atoms with Crippen LogP contribution in [0.2, 0.25) is 0 Å². The van der Waals surface area contributed by atoms with Gasteiger partial charge in [0.1, 0.15) is 0 Å². The number of aliphatic hydroxyl groups is 1. The molecular formula is C23H24N2O4S. The summed E-state index contributed by atoms with van der Waals surface area (Å²) in [6.07, 6.45) is -0.888. The van der Waals surface area contributed by atoms with Crippen molar-refractivity contribution in [2.24, 2.45) is 5.14 Å². The second kappa shape index (κ2) is 9.21. The van der Waals surface area contributed by atoms with Crippen molar-refractivity contribution < 1.29 is 18.3 Å². The topological polar surface area (TPSA) is 101 Å². The second-order valence-electron chi connectivity index (χ2n) is 7.07. The van der Waals surface area contributed by atoms with Gasteiger partial charge in [-0.15, -0.1) is 0 Å². The van der Waals surface area contributed by atoms with Gasteiger partial charge in [-0.3, -0.25) is 4.79 Å². The normalized spacial score (nSPS) is 12.4. The van der Waals surface area contributed by atoms with Gasteiger partial charge in [-0.1, -0.05) is 66.7 Å². The lowest BCUT2D eigenvalue weighted by atomic mass is 10.0. The minimum Gasteiger partial charge on any atom is -0.387 e. The number of carbonyl (C=O) groups is 1. The monoisotopic (exact) mass is 424 g/mol. The largest absolute Gasteiger partial charge is 0.387 e. The lowest BCUT2D eigenvalue weighted by Gasteiger charge is -2.27. The van der Waals surface area contributed by atoms with Crippen molar-refractivity contribution in [3.05, 3.63) is 101 Å². The van der Waals surface area contributed by atoms with Crippen LogP contribution in [0.5, 0.6) is 0 Å². The van der Waals surface area contributed by atoms with Crippen LogP contribution in [0.25, 0.3) is 0 Å². The van der Waals surface area contributed by atoms with Gasteiger partial charge in [-0.2, -0.15) is 0 Å². The van der Waals surface area contributed by atoms with E-state index in [0.29, 0.717) is 5.56 Å². The Morgan fingerprint density at radius 2 is 1.57 bits per heavy atom. The van der Waals surface area contributed by atoms with Gasteiger partial charge in [0.05, 0.1) is 17.5 Å². The lowest BCUT2D eigenvalue weighted by molar-refractivity contribution is 0.0602. The third-order valence-corrected chi connectivity index (χ3v) is 5.96. The Hall–Kier alpha value is -3.00. The maximum absolute atomic E-state index is 13.4. The highest BCUT2D eigenvalue weighted by atomic mass is 32.2. The van der Waals surface area contributed by atoms with E-state index in [1.54, 1.807) is 25.1 Å². The number of carbonyl (C=O) groups excluding carboxylic acids is 1. The van der Waals surface area contributed by atoms with Crippen LogP contribution in [-0.2, 0) is 16.6 Å². The molecule has 7 heteroatoms. The smallest absolute Gasteiger partial charge is 0.254 e. The number of benzene rings is 3. The molecule has 3 aromatic carbocycles. The quantitative estimate of drug-likeness (QED) is 0.609. The Balaban J connectivity index is 1.96. The lowest BCUT2D eigenvalue weighted by Crippen LogP contribution is -2.35. The standard InChI is InChI=1S/C23H24N2O4S/c1-17-20(13-8-14-22(17)30(24,28)29)23(27)25(15-18-9-4-2-5-10-18)16-21(26)19-11-6-3-7-12-19/h2-14,21,26H,15-16H2,1H3,(H2,24,28,29). The highest BCUT2D eigenvalue weighted by Gasteiger charge is 2.24. The number of aliphatic hydroxyl groups excluding tert-OH is 1. The zero-order valence-electron chi connectivity index (χ0n) is 16.6. The maximum Gasteiger partial charge on any atom is 0.254 e. The van der Waals surface area contributed by atoms with Crippen molar-refractivity contribution in [2.75, 3.05) is 6.54 Å². The van der Waals surface area contributed by atoms with Crippen LogP contribution in [0.3, 0.4) is 0 Å². The third-order valence-electron chi connectivity index (χ3n) is 4.90. The molecule has 0 bridgehead atoms. The molecule has 0 heterocycles. The molecule has 0 aliphatic rings. The predicted molar refractivity (Wildman–Crippen MR) is 115 cm³/mol. The molecule has 0 radical (unpaired) electrons. The summed E-state index contributed by atoms with van der Waals surface area (Å²) in [4.78, 5) is 14.8. The summed E-state index contributed by atoms with van der Waals surface area (Å²) in [5.74, 6) is -0.378. The molecule has 0 aromatic heterocycles. The van der Waals surface area contributed by atoms with Crippen LogP contribution in [0.1, 0.15) is 33.2 Å². The average Bonchev–Trinajstić information content (AvgIpc) is 2.73. The SMILES string of the molecule is Cc1c(C(=O)N(Cc2ccccc2)CC(O)c2ccccc2)cccc1S(N)(=O)=O. The van der Waals surface area contributed by atoms with Crippen LogP contribution in [-0.4, -0.2) is 30.9 Å². The molecular weight excluding hydrogens is 400 g/mol. The molecule has 1 amide bonds. The summed E-state index contributed by atoms with van der Waals surface area (Å²) in [6.45, 7) is 1.88. The van der Waals surface area contributed by atoms with Gasteiger partial charge in [0.15, 0.2) is 0 Å². The van der Waals surface area contributed by atoms with Crippen LogP contribution < -0.4 is 5.14 Å². The number of hydrogen-bond donors (Lipinski definition) is 2. The minimum atomic E-state index is -3.96. The fraction of sp³-hybridized carbons (Fsp3) is 0.174. The second-order valence-corrected chi connectivity index (χ2v) is 8.60. The number of rotatable bonds is 7. The summed E-state index contributed by atoms with van der Waals surface area (Å²) in [7, 11) is -3.96. The van der Waals surface area contributed by atoms with Crippen molar-refractivity contribution in [3.63, 3.8) is 0 Å². The van der Waals surface area contributed by atoms with Crippen molar-refractivity contribution >= 4 is 15.9 Å². The van der Waals surface area contributed by atoms with E-state index in [0.717, 1.165) is 5.56 Å². The van der Waals surface area contributed by atoms with E-state index in [9.17, 15) is 18.3 Å². The minimum absolute atomic E-state index is 0.0524. The molecule has 0 spiro atoms. The number of nitrogens with zero attached hydrogens (tertiary/aromatic N) is 1. The van der Waals surface area contributed by atoms with Crippen LogP contribution >= 0.6 is 0 Å². The molecule has 3 rings (SSSR count). The van der Waals surface area contributed by atoms with Gasteiger partial charge in [-0.25, -0.2) is 13.6 Å². The van der Waals surface area contributed by atoms with E-state index >= 15 is 0 Å². The van der Waals surface area contributed by atoms with Gasteiger partial charge in [0.25, 0.3) is 5.91 Å². The Morgan fingerprint density at radius 3 is 2.17 bits per heavy atom. The Kier molecular flexibility index (Phi) is 6.66. The molecule has 156 valence electrons. The fourth-order valence-corrected chi connectivity index (χ4v) is 4.14. The molecule has 0 saturated carbocycles. The van der Waals surface area contributed by atoms with Crippen LogP contribution in [0, 0.1) is 6.92 Å². The van der Waals surface area contributed by atoms with Crippen molar-refractivity contribution in [1.82, 2.24) is 4.90 Å². The first kappa shape index (κ1) is 21.7. The summed E-state index contributed by atoms with van der Waals surface area (Å²) in [5.41, 5.74) is 2.11. The first-order chi connectivity index (χ1) is 14.3. The van der Waals surface area contributed by atoms with Gasteiger partial charge < -0.3 is 10.0 Å². The maximum atomic E-state index is 13.4. The zero-order chi connectivity index (χ0) is 21.7. The Labute approximate surface area is 176 Å². The average molecular weight is 425 g/mol. The van der Waals surface area contributed by atoms with Crippen LogP contribution in [0.4, 0.5) is 0 Å². The molecule has 6 nitrogen and oxygen atoms in total. The van der Waals surface area contributed by atoms with Crippen molar-refractivity contribution in [1.29, 1.82) is 0 Å². The molecule has 0 fully saturated rings. The summed E-state index contributed by atoms with van der Waals surface area (Å²) in [5, 5.41) is 16.0. The molecule has 0 saturated heterocycles. The van der Waals surface area contributed by atoms with Gasteiger partial charge >= 0.3 is 0 Å². The highest BCUT2D eigenvalue weighted by Crippen LogP contribution is 2.22. The van der Waals surface area contributed by atoms with Gasteiger partial charge in [0, 0.05) is 12.1 Å². The zero-order valence-corrected chi connectivity index (χ0v) is 17.4. The van der Waals surface area contributed by atoms with E-state index in [4.69, 9.17) is 5.14 Å². The molecule has 0 aliphatic heterocycles. The number of sulfonamides is 1. The Bertz CT molecular complexity index is 1120. The van der Waals surface area contributed by atoms with E-state index < -0.39 is 16.1 Å². The number of hydrogen-bond acceptors (Lipinski definition) is 4. The van der Waals surface area contributed by atoms with E-state index in [1.807, 2.05) is 48.5 Å². The van der Waals surface area contributed by atoms with E-state index in [1.165, 1.54) is 17.0 Å². The van der Waals surface area contributed by atoms with Crippen molar-refractivity contribution in [2.45, 2.75) is 24.5 Å². The first-order valence-electron chi connectivity index (χ1n) is 9.46. The number of amides is 1. The third kappa shape index (κ3) is 5.13. The fourth-order valence-electron chi connectivity index (χ4n) is 3.34. The molecule has 30 heavy (non-hydrogen) atoms. The van der Waals surface area contributed by atoms with Crippen LogP contribution in [0.15, 0.2) is 83.8 Å². The van der Waals surface area contributed by atoms with Gasteiger partial charge in [-0.05, 0) is 35.7 Å². The van der Waals surface area contributed by atoms with E-state index in [-0.39, 0.29) is 35.0 Å². The number of primary sulfonamides is 1. The first-order valence-corrected chi connectivity index (χ1v) is 11.0. The molecule has 3 aromatic rings. The molecule has 0 aliphatic carbocycles. The molecule has 1 unspecified atom stereocenters. The summed E-state index contributed by atoms with van der Waals surface area (Å²) < 4.78 is 23.7. The van der Waals surface area contributed by atoms with Gasteiger partial charge in [0.2, 0.25) is 10.0 Å². The number of nitrogens with two attached hydrogens (primary N) is 1. The predicted octanol–water partition coefficient (Wildman–Crippen LogP) is 3.02.